The third-order valence-corrected chi connectivity index (χ3v) is 3.17. The molecular formula is C17H15FO4. The van der Waals surface area contributed by atoms with Gasteiger partial charge in [0.05, 0.1) is 12.0 Å². The first-order valence-electron chi connectivity index (χ1n) is 6.69. The van der Waals surface area contributed by atoms with Crippen LogP contribution in [0.4, 0.5) is 4.39 Å². The van der Waals surface area contributed by atoms with E-state index in [9.17, 15) is 14.0 Å². The van der Waals surface area contributed by atoms with Gasteiger partial charge < -0.3 is 9.84 Å². The van der Waals surface area contributed by atoms with E-state index in [4.69, 9.17) is 9.84 Å². The predicted molar refractivity (Wildman–Crippen MR) is 78.5 cm³/mol. The van der Waals surface area contributed by atoms with Gasteiger partial charge in [-0.2, -0.15) is 0 Å². The molecule has 0 saturated heterocycles. The molecule has 0 bridgehead atoms. The molecule has 0 aromatic heterocycles. The van der Waals surface area contributed by atoms with Crippen molar-refractivity contribution in [2.75, 3.05) is 0 Å². The summed E-state index contributed by atoms with van der Waals surface area (Å²) in [5.41, 5.74) is 1.38. The topological polar surface area (TPSA) is 63.6 Å². The summed E-state index contributed by atoms with van der Waals surface area (Å²) in [6.45, 7) is 1.42. The summed E-state index contributed by atoms with van der Waals surface area (Å²) < 4.78 is 19.2. The minimum Gasteiger partial charge on any atom is -0.489 e. The summed E-state index contributed by atoms with van der Waals surface area (Å²) in [7, 11) is 0. The second kappa shape index (κ2) is 6.85. The predicted octanol–water partition coefficient (Wildman–Crippen LogP) is 3.23. The number of carboxylic acid groups (broad SMARTS) is 1. The molecule has 0 aliphatic carbocycles. The standard InChI is InChI=1S/C17H15FO4/c1-11(19)15-7-6-14(9-16(15)18)22-10-13-5-3-2-4-12(13)8-17(20)21/h2-7,9H,8,10H2,1H3,(H,20,21). The number of carbonyl (C=O) groups excluding carboxylic acids is 1. The second-order valence-electron chi connectivity index (χ2n) is 4.83. The van der Waals surface area contributed by atoms with E-state index in [0.717, 1.165) is 11.6 Å². The molecule has 114 valence electrons. The maximum absolute atomic E-state index is 13.7. The number of ketones is 1. The van der Waals surface area contributed by atoms with Crippen LogP contribution < -0.4 is 4.74 Å². The Morgan fingerprint density at radius 2 is 1.82 bits per heavy atom. The number of Topliss-reactive ketones (excluding diaryl/α,β-unsaturated/α-hetero) is 1. The highest BCUT2D eigenvalue weighted by Gasteiger charge is 2.10. The molecule has 0 amide bonds. The summed E-state index contributed by atoms with van der Waals surface area (Å²) in [5, 5.41) is 8.87. The first-order valence-corrected chi connectivity index (χ1v) is 6.69. The molecule has 5 heteroatoms. The van der Waals surface area contributed by atoms with Gasteiger partial charge in [-0.25, -0.2) is 4.39 Å². The molecule has 1 N–H and O–H groups in total. The Morgan fingerprint density at radius 1 is 1.14 bits per heavy atom. The fraction of sp³-hybridized carbons (Fsp3) is 0.176. The smallest absolute Gasteiger partial charge is 0.307 e. The molecule has 0 spiro atoms. The molecule has 2 aromatic carbocycles. The van der Waals surface area contributed by atoms with Crippen molar-refractivity contribution in [2.24, 2.45) is 0 Å². The number of ether oxygens (including phenoxy) is 1. The second-order valence-corrected chi connectivity index (χ2v) is 4.83. The lowest BCUT2D eigenvalue weighted by Gasteiger charge is -2.10. The van der Waals surface area contributed by atoms with E-state index in [2.05, 4.69) is 0 Å². The zero-order chi connectivity index (χ0) is 16.1. The van der Waals surface area contributed by atoms with Crippen LogP contribution in [-0.2, 0) is 17.8 Å². The van der Waals surface area contributed by atoms with Crippen LogP contribution in [0.3, 0.4) is 0 Å². The lowest BCUT2D eigenvalue weighted by Crippen LogP contribution is -2.06. The molecule has 0 fully saturated rings. The summed E-state index contributed by atoms with van der Waals surface area (Å²) in [5.74, 6) is -1.63. The summed E-state index contributed by atoms with van der Waals surface area (Å²) in [4.78, 5) is 22.0. The van der Waals surface area contributed by atoms with Gasteiger partial charge in [-0.3, -0.25) is 9.59 Å². The van der Waals surface area contributed by atoms with Gasteiger partial charge in [-0.1, -0.05) is 24.3 Å². The third kappa shape index (κ3) is 3.91. The van der Waals surface area contributed by atoms with Crippen LogP contribution in [0.25, 0.3) is 0 Å². The molecule has 0 saturated carbocycles. The number of rotatable bonds is 6. The van der Waals surface area contributed by atoms with Gasteiger partial charge in [0.25, 0.3) is 0 Å². The Bertz CT molecular complexity index is 710. The van der Waals surface area contributed by atoms with Crippen molar-refractivity contribution >= 4 is 11.8 Å². The molecule has 0 aliphatic rings. The van der Waals surface area contributed by atoms with Crippen LogP contribution in [0, 0.1) is 5.82 Å². The normalized spacial score (nSPS) is 10.3. The highest BCUT2D eigenvalue weighted by molar-refractivity contribution is 5.94. The fourth-order valence-electron chi connectivity index (χ4n) is 2.07. The Balaban J connectivity index is 2.12. The number of hydrogen-bond acceptors (Lipinski definition) is 3. The van der Waals surface area contributed by atoms with Gasteiger partial charge in [0.2, 0.25) is 0 Å². The zero-order valence-electron chi connectivity index (χ0n) is 12.0. The van der Waals surface area contributed by atoms with E-state index >= 15 is 0 Å². The molecule has 22 heavy (non-hydrogen) atoms. The summed E-state index contributed by atoms with van der Waals surface area (Å²) in [6.07, 6.45) is -0.100. The van der Waals surface area contributed by atoms with Crippen molar-refractivity contribution in [1.29, 1.82) is 0 Å². The maximum atomic E-state index is 13.7. The summed E-state index contributed by atoms with van der Waals surface area (Å²) in [6, 6.07) is 11.0. The van der Waals surface area contributed by atoms with Crippen molar-refractivity contribution < 1.29 is 23.8 Å². The van der Waals surface area contributed by atoms with Crippen molar-refractivity contribution in [3.05, 3.63) is 65.0 Å². The van der Waals surface area contributed by atoms with Gasteiger partial charge in [0.15, 0.2) is 5.78 Å². The minimum absolute atomic E-state index is 0.0126. The van der Waals surface area contributed by atoms with Crippen molar-refractivity contribution in [1.82, 2.24) is 0 Å². The highest BCUT2D eigenvalue weighted by atomic mass is 19.1. The third-order valence-electron chi connectivity index (χ3n) is 3.17. The van der Waals surface area contributed by atoms with Crippen LogP contribution >= 0.6 is 0 Å². The van der Waals surface area contributed by atoms with Gasteiger partial charge in [0, 0.05) is 6.07 Å². The number of hydrogen-bond donors (Lipinski definition) is 1. The van der Waals surface area contributed by atoms with E-state index in [1.807, 2.05) is 0 Å². The fourth-order valence-corrected chi connectivity index (χ4v) is 2.07. The van der Waals surface area contributed by atoms with Crippen LogP contribution in [0.2, 0.25) is 0 Å². The average molecular weight is 302 g/mol. The molecule has 0 heterocycles. The first-order chi connectivity index (χ1) is 10.5. The Labute approximate surface area is 127 Å². The van der Waals surface area contributed by atoms with Crippen LogP contribution in [0.15, 0.2) is 42.5 Å². The molecule has 2 aromatic rings. The number of benzene rings is 2. The van der Waals surface area contributed by atoms with E-state index in [1.165, 1.54) is 19.1 Å². The van der Waals surface area contributed by atoms with Gasteiger partial charge in [-0.15, -0.1) is 0 Å². The van der Waals surface area contributed by atoms with E-state index < -0.39 is 11.8 Å². The quantitative estimate of drug-likeness (QED) is 0.832. The molecule has 0 aliphatic heterocycles. The number of carbonyl (C=O) groups is 2. The number of carboxylic acids is 1. The Morgan fingerprint density at radius 3 is 2.41 bits per heavy atom. The van der Waals surface area contributed by atoms with Crippen molar-refractivity contribution in [3.8, 4) is 5.75 Å². The molecule has 0 radical (unpaired) electrons. The number of aliphatic carboxylic acids is 1. The molecule has 0 atom stereocenters. The van der Waals surface area contributed by atoms with Gasteiger partial charge >= 0.3 is 5.97 Å². The molecule has 2 rings (SSSR count). The Kier molecular flexibility index (Phi) is 4.88. The Hall–Kier alpha value is -2.69. The largest absolute Gasteiger partial charge is 0.489 e. The zero-order valence-corrected chi connectivity index (χ0v) is 12.0. The first kappa shape index (κ1) is 15.7. The maximum Gasteiger partial charge on any atom is 0.307 e. The van der Waals surface area contributed by atoms with E-state index in [-0.39, 0.29) is 30.1 Å². The number of halogens is 1. The van der Waals surface area contributed by atoms with Crippen LogP contribution in [0.1, 0.15) is 28.4 Å². The summed E-state index contributed by atoms with van der Waals surface area (Å²) >= 11 is 0. The van der Waals surface area contributed by atoms with Crippen LogP contribution in [0.5, 0.6) is 5.75 Å². The van der Waals surface area contributed by atoms with Gasteiger partial charge in [-0.05, 0) is 30.2 Å². The monoisotopic (exact) mass is 302 g/mol. The van der Waals surface area contributed by atoms with Crippen LogP contribution in [-0.4, -0.2) is 16.9 Å². The molecular weight excluding hydrogens is 287 g/mol. The van der Waals surface area contributed by atoms with E-state index in [1.54, 1.807) is 24.3 Å². The average Bonchev–Trinajstić information content (AvgIpc) is 2.45. The SMILES string of the molecule is CC(=O)c1ccc(OCc2ccccc2CC(=O)O)cc1F. The van der Waals surface area contributed by atoms with Crippen molar-refractivity contribution in [3.63, 3.8) is 0 Å². The highest BCUT2D eigenvalue weighted by Crippen LogP contribution is 2.19. The minimum atomic E-state index is -0.927. The lowest BCUT2D eigenvalue weighted by molar-refractivity contribution is -0.136. The molecule has 4 nitrogen and oxygen atoms in total. The molecule has 0 unspecified atom stereocenters. The van der Waals surface area contributed by atoms with E-state index in [0.29, 0.717) is 5.56 Å². The lowest BCUT2D eigenvalue weighted by atomic mass is 10.1. The van der Waals surface area contributed by atoms with Crippen molar-refractivity contribution in [2.45, 2.75) is 20.0 Å². The van der Waals surface area contributed by atoms with Gasteiger partial charge in [0.1, 0.15) is 18.2 Å².